The molecule has 0 spiro atoms. The fraction of sp³-hybridized carbons (Fsp3) is 0.692. The minimum atomic E-state index is -0.804. The average Bonchev–Trinajstić information content (AvgIpc) is 2.17. The van der Waals surface area contributed by atoms with Crippen LogP contribution in [0.2, 0.25) is 0 Å². The van der Waals surface area contributed by atoms with Crippen LogP contribution in [0.15, 0.2) is 11.6 Å². The van der Waals surface area contributed by atoms with Crippen molar-refractivity contribution in [3.63, 3.8) is 0 Å². The van der Waals surface area contributed by atoms with Gasteiger partial charge in [-0.1, -0.05) is 6.08 Å². The predicted octanol–water partition coefficient (Wildman–Crippen LogP) is 2.19. The maximum absolute atomic E-state index is 11.9. The summed E-state index contributed by atoms with van der Waals surface area (Å²) in [6.07, 6.45) is 5.60. The number of allylic oxidation sites excluding steroid dienone is 1. The van der Waals surface area contributed by atoms with E-state index in [1.807, 2.05) is 6.08 Å². The van der Waals surface area contributed by atoms with Crippen LogP contribution in [0.1, 0.15) is 39.5 Å². The van der Waals surface area contributed by atoms with Crippen molar-refractivity contribution in [2.45, 2.75) is 45.8 Å². The Balaban J connectivity index is 1.91. The van der Waals surface area contributed by atoms with Gasteiger partial charge in [-0.05, 0) is 37.5 Å². The zero-order valence-corrected chi connectivity index (χ0v) is 10.3. The normalized spacial score (nSPS) is 28.2. The Hall–Kier alpha value is -1.32. The lowest BCUT2D eigenvalue weighted by Gasteiger charge is -2.40. The molecule has 17 heavy (non-hydrogen) atoms. The lowest BCUT2D eigenvalue weighted by molar-refractivity contribution is -0.180. The van der Waals surface area contributed by atoms with Crippen LogP contribution in [0.4, 0.5) is 0 Å². The first-order valence-electron chi connectivity index (χ1n) is 6.16. The van der Waals surface area contributed by atoms with Gasteiger partial charge in [0, 0.05) is 19.4 Å². The Morgan fingerprint density at radius 2 is 2.06 bits per heavy atom. The third-order valence-electron chi connectivity index (χ3n) is 3.56. The van der Waals surface area contributed by atoms with E-state index < -0.39 is 12.3 Å². The highest BCUT2D eigenvalue weighted by molar-refractivity contribution is 5.89. The number of ether oxygens (including phenoxy) is 2. The summed E-state index contributed by atoms with van der Waals surface area (Å²) in [5.74, 6) is 0.268. The molecule has 2 rings (SSSR count). The van der Waals surface area contributed by atoms with Crippen molar-refractivity contribution in [2.24, 2.45) is 11.8 Å². The molecule has 4 nitrogen and oxygen atoms in total. The van der Waals surface area contributed by atoms with Gasteiger partial charge < -0.3 is 9.47 Å². The van der Waals surface area contributed by atoms with E-state index in [0.717, 1.165) is 18.4 Å². The molecule has 3 atom stereocenters. The molecule has 3 unspecified atom stereocenters. The largest absolute Gasteiger partial charge is 0.426 e. The SMILES string of the molecule is CC(=O)OC(C)OC(=O)C1=CCCC2CCC12. The summed E-state index contributed by atoms with van der Waals surface area (Å²) in [5, 5.41) is 0. The maximum atomic E-state index is 11.9. The molecule has 94 valence electrons. The lowest BCUT2D eigenvalue weighted by atomic mass is 9.65. The average molecular weight is 238 g/mol. The molecular weight excluding hydrogens is 220 g/mol. The summed E-state index contributed by atoms with van der Waals surface area (Å²) in [4.78, 5) is 22.6. The van der Waals surface area contributed by atoms with E-state index in [2.05, 4.69) is 0 Å². The summed E-state index contributed by atoms with van der Waals surface area (Å²) in [5.41, 5.74) is 0.784. The Bertz CT molecular complexity index is 358. The summed E-state index contributed by atoms with van der Waals surface area (Å²) in [6, 6.07) is 0. The van der Waals surface area contributed by atoms with Crippen LogP contribution in [0.5, 0.6) is 0 Å². The molecule has 1 saturated carbocycles. The molecular formula is C13H18O4. The highest BCUT2D eigenvalue weighted by atomic mass is 16.7. The van der Waals surface area contributed by atoms with Crippen LogP contribution >= 0.6 is 0 Å². The van der Waals surface area contributed by atoms with Crippen molar-refractivity contribution in [1.29, 1.82) is 0 Å². The van der Waals surface area contributed by atoms with Crippen molar-refractivity contribution < 1.29 is 19.1 Å². The summed E-state index contributed by atoms with van der Waals surface area (Å²) < 4.78 is 9.89. The maximum Gasteiger partial charge on any atom is 0.337 e. The Morgan fingerprint density at radius 1 is 1.29 bits per heavy atom. The fourth-order valence-corrected chi connectivity index (χ4v) is 2.64. The smallest absolute Gasteiger partial charge is 0.337 e. The summed E-state index contributed by atoms with van der Waals surface area (Å²) in [6.45, 7) is 2.85. The van der Waals surface area contributed by atoms with Gasteiger partial charge in [-0.2, -0.15) is 0 Å². The molecule has 2 aliphatic rings. The van der Waals surface area contributed by atoms with E-state index in [9.17, 15) is 9.59 Å². The van der Waals surface area contributed by atoms with E-state index in [-0.39, 0.29) is 5.97 Å². The molecule has 0 radical (unpaired) electrons. The Kier molecular flexibility index (Phi) is 3.50. The fourth-order valence-electron chi connectivity index (χ4n) is 2.64. The molecule has 0 aromatic rings. The van der Waals surface area contributed by atoms with Gasteiger partial charge in [-0.15, -0.1) is 0 Å². The standard InChI is InChI=1S/C13H18O4/c1-8(14)16-9(2)17-13(15)12-5-3-4-10-6-7-11(10)12/h5,9-11H,3-4,6-7H2,1-2H3. The van der Waals surface area contributed by atoms with Crippen LogP contribution in [-0.4, -0.2) is 18.2 Å². The van der Waals surface area contributed by atoms with Crippen LogP contribution in [0.25, 0.3) is 0 Å². The van der Waals surface area contributed by atoms with Crippen LogP contribution < -0.4 is 0 Å². The first kappa shape index (κ1) is 12.1. The molecule has 0 bridgehead atoms. The minimum absolute atomic E-state index is 0.326. The number of hydrogen-bond acceptors (Lipinski definition) is 4. The van der Waals surface area contributed by atoms with Crippen molar-refractivity contribution in [1.82, 2.24) is 0 Å². The van der Waals surface area contributed by atoms with Gasteiger partial charge >= 0.3 is 11.9 Å². The third-order valence-corrected chi connectivity index (χ3v) is 3.56. The second-order valence-corrected chi connectivity index (χ2v) is 4.76. The molecule has 4 heteroatoms. The number of carbonyl (C=O) groups is 2. The van der Waals surface area contributed by atoms with E-state index in [4.69, 9.17) is 9.47 Å². The highest BCUT2D eigenvalue weighted by Crippen LogP contribution is 2.45. The molecule has 0 amide bonds. The molecule has 0 aromatic carbocycles. The highest BCUT2D eigenvalue weighted by Gasteiger charge is 2.39. The zero-order valence-electron chi connectivity index (χ0n) is 10.3. The first-order valence-corrected chi connectivity index (χ1v) is 6.16. The molecule has 0 heterocycles. The molecule has 0 N–H and O–H groups in total. The topological polar surface area (TPSA) is 52.6 Å². The van der Waals surface area contributed by atoms with E-state index in [1.54, 1.807) is 6.92 Å². The minimum Gasteiger partial charge on any atom is -0.426 e. The van der Waals surface area contributed by atoms with Crippen molar-refractivity contribution >= 4 is 11.9 Å². The van der Waals surface area contributed by atoms with Gasteiger partial charge in [0.25, 0.3) is 0 Å². The molecule has 0 aromatic heterocycles. The van der Waals surface area contributed by atoms with E-state index in [1.165, 1.54) is 19.8 Å². The Labute approximate surface area is 101 Å². The number of esters is 2. The van der Waals surface area contributed by atoms with Crippen molar-refractivity contribution in [3.05, 3.63) is 11.6 Å². The van der Waals surface area contributed by atoms with E-state index >= 15 is 0 Å². The summed E-state index contributed by atoms with van der Waals surface area (Å²) >= 11 is 0. The predicted molar refractivity (Wildman–Crippen MR) is 60.9 cm³/mol. The Morgan fingerprint density at radius 3 is 2.65 bits per heavy atom. The zero-order chi connectivity index (χ0) is 12.4. The number of rotatable bonds is 3. The van der Waals surface area contributed by atoms with Gasteiger partial charge in [0.05, 0.1) is 0 Å². The quantitative estimate of drug-likeness (QED) is 0.558. The van der Waals surface area contributed by atoms with Gasteiger partial charge in [0.15, 0.2) is 0 Å². The van der Waals surface area contributed by atoms with Gasteiger partial charge in [-0.3, -0.25) is 4.79 Å². The number of carbonyl (C=O) groups excluding carboxylic acids is 2. The number of fused-ring (bicyclic) bond motifs is 1. The monoisotopic (exact) mass is 238 g/mol. The van der Waals surface area contributed by atoms with Crippen LogP contribution in [0.3, 0.4) is 0 Å². The first-order chi connectivity index (χ1) is 8.08. The molecule has 1 fully saturated rings. The number of hydrogen-bond donors (Lipinski definition) is 0. The van der Waals surface area contributed by atoms with Crippen molar-refractivity contribution in [2.75, 3.05) is 0 Å². The lowest BCUT2D eigenvalue weighted by Crippen LogP contribution is -2.34. The molecule has 0 saturated heterocycles. The van der Waals surface area contributed by atoms with Crippen molar-refractivity contribution in [3.8, 4) is 0 Å². The van der Waals surface area contributed by atoms with Gasteiger partial charge in [0.1, 0.15) is 0 Å². The second-order valence-electron chi connectivity index (χ2n) is 4.76. The third kappa shape index (κ3) is 2.68. The molecule has 2 aliphatic carbocycles. The van der Waals surface area contributed by atoms with E-state index in [0.29, 0.717) is 11.8 Å². The van der Waals surface area contributed by atoms with Gasteiger partial charge in [-0.25, -0.2) is 4.79 Å². The second kappa shape index (κ2) is 4.90. The van der Waals surface area contributed by atoms with Crippen LogP contribution in [0, 0.1) is 11.8 Å². The summed E-state index contributed by atoms with van der Waals surface area (Å²) in [7, 11) is 0. The van der Waals surface area contributed by atoms with Gasteiger partial charge in [0.2, 0.25) is 6.29 Å². The molecule has 0 aliphatic heterocycles. The van der Waals surface area contributed by atoms with Crippen LogP contribution in [-0.2, 0) is 19.1 Å².